The number of carbonyl (C=O) groups is 2. The Hall–Kier alpha value is -1.30. The molecular weight excluding hydrogens is 282 g/mol. The van der Waals surface area contributed by atoms with Crippen LogP contribution in [0, 0.1) is 5.92 Å². The Labute approximate surface area is 132 Å². The van der Waals surface area contributed by atoms with E-state index in [1.807, 2.05) is 20.8 Å². The quantitative estimate of drug-likeness (QED) is 0.650. The van der Waals surface area contributed by atoms with Gasteiger partial charge in [0.25, 0.3) is 0 Å². The van der Waals surface area contributed by atoms with Crippen molar-refractivity contribution in [3.63, 3.8) is 0 Å². The standard InChI is InChI=1S/C16H29N3O3/c1-16(2,3)22-15(21)19-13-7-6-12(10-13)17-8-9-18-14(20)11-4-5-11/h11-13,17H,4-10H2,1-3H3,(H,18,20)(H,19,21). The van der Waals surface area contributed by atoms with Crippen LogP contribution in [0.25, 0.3) is 0 Å². The molecule has 2 aliphatic carbocycles. The molecule has 0 aromatic rings. The lowest BCUT2D eigenvalue weighted by Gasteiger charge is -2.21. The summed E-state index contributed by atoms with van der Waals surface area (Å²) in [4.78, 5) is 23.2. The number of alkyl carbamates (subject to hydrolysis) is 1. The van der Waals surface area contributed by atoms with Crippen molar-refractivity contribution in [2.24, 2.45) is 5.92 Å². The van der Waals surface area contributed by atoms with E-state index in [4.69, 9.17) is 4.74 Å². The summed E-state index contributed by atoms with van der Waals surface area (Å²) in [5.74, 6) is 0.464. The molecule has 2 unspecified atom stereocenters. The largest absolute Gasteiger partial charge is 0.444 e. The minimum Gasteiger partial charge on any atom is -0.444 e. The van der Waals surface area contributed by atoms with Gasteiger partial charge in [-0.3, -0.25) is 4.79 Å². The minimum atomic E-state index is -0.458. The van der Waals surface area contributed by atoms with Crippen LogP contribution < -0.4 is 16.0 Å². The van der Waals surface area contributed by atoms with Gasteiger partial charge in [0, 0.05) is 31.1 Å². The zero-order valence-corrected chi connectivity index (χ0v) is 13.9. The first kappa shape index (κ1) is 17.1. The molecule has 2 rings (SSSR count). The Morgan fingerprint density at radius 1 is 1.05 bits per heavy atom. The van der Waals surface area contributed by atoms with Gasteiger partial charge in [-0.1, -0.05) is 0 Å². The van der Waals surface area contributed by atoms with Gasteiger partial charge >= 0.3 is 6.09 Å². The van der Waals surface area contributed by atoms with Crippen LogP contribution in [-0.2, 0) is 9.53 Å². The van der Waals surface area contributed by atoms with E-state index in [1.54, 1.807) is 0 Å². The van der Waals surface area contributed by atoms with Crippen molar-refractivity contribution in [3.05, 3.63) is 0 Å². The molecule has 0 aliphatic heterocycles. The van der Waals surface area contributed by atoms with Gasteiger partial charge in [0.15, 0.2) is 0 Å². The Balaban J connectivity index is 1.55. The molecule has 2 aliphatic rings. The van der Waals surface area contributed by atoms with Crippen LogP contribution in [0.2, 0.25) is 0 Å². The average molecular weight is 311 g/mol. The van der Waals surface area contributed by atoms with Crippen molar-refractivity contribution in [1.82, 2.24) is 16.0 Å². The summed E-state index contributed by atoms with van der Waals surface area (Å²) >= 11 is 0. The second-order valence-electron chi connectivity index (χ2n) is 7.37. The molecule has 2 fully saturated rings. The van der Waals surface area contributed by atoms with Gasteiger partial charge in [-0.25, -0.2) is 4.79 Å². The summed E-state index contributed by atoms with van der Waals surface area (Å²) in [5.41, 5.74) is -0.458. The van der Waals surface area contributed by atoms with Gasteiger partial charge in [-0.05, 0) is 52.9 Å². The molecule has 6 nitrogen and oxygen atoms in total. The van der Waals surface area contributed by atoms with Gasteiger partial charge in [-0.15, -0.1) is 0 Å². The van der Waals surface area contributed by atoms with Gasteiger partial charge in [0.1, 0.15) is 5.60 Å². The third kappa shape index (κ3) is 6.22. The maximum Gasteiger partial charge on any atom is 0.407 e. The van der Waals surface area contributed by atoms with Crippen molar-refractivity contribution in [2.75, 3.05) is 13.1 Å². The molecule has 6 heteroatoms. The molecule has 3 N–H and O–H groups in total. The summed E-state index contributed by atoms with van der Waals surface area (Å²) < 4.78 is 5.27. The van der Waals surface area contributed by atoms with Crippen molar-refractivity contribution in [1.29, 1.82) is 0 Å². The summed E-state index contributed by atoms with van der Waals surface area (Å²) in [6.45, 7) is 7.04. The molecule has 0 aromatic carbocycles. The molecule has 2 saturated carbocycles. The minimum absolute atomic E-state index is 0.174. The third-order valence-electron chi connectivity index (χ3n) is 3.96. The molecule has 2 atom stereocenters. The summed E-state index contributed by atoms with van der Waals surface area (Å²) in [5, 5.41) is 9.31. The van der Waals surface area contributed by atoms with E-state index in [1.165, 1.54) is 0 Å². The van der Waals surface area contributed by atoms with E-state index in [-0.39, 0.29) is 24.0 Å². The molecule has 0 heterocycles. The smallest absolute Gasteiger partial charge is 0.407 e. The number of ether oxygens (including phenoxy) is 1. The zero-order valence-electron chi connectivity index (χ0n) is 13.9. The molecule has 0 radical (unpaired) electrons. The molecular formula is C16H29N3O3. The lowest BCUT2D eigenvalue weighted by atomic mass is 10.2. The predicted octanol–water partition coefficient (Wildman–Crippen LogP) is 1.55. The van der Waals surface area contributed by atoms with E-state index >= 15 is 0 Å². The molecule has 2 amide bonds. The molecule has 0 spiro atoms. The second-order valence-corrected chi connectivity index (χ2v) is 7.37. The monoisotopic (exact) mass is 311 g/mol. The molecule has 22 heavy (non-hydrogen) atoms. The van der Waals surface area contributed by atoms with Crippen molar-refractivity contribution in [3.8, 4) is 0 Å². The SMILES string of the molecule is CC(C)(C)OC(=O)NC1CCC(NCCNC(=O)C2CC2)C1. The summed E-state index contributed by atoms with van der Waals surface area (Å²) in [7, 11) is 0. The number of hydrogen-bond acceptors (Lipinski definition) is 4. The van der Waals surface area contributed by atoms with Crippen molar-refractivity contribution >= 4 is 12.0 Å². The van der Waals surface area contributed by atoms with Crippen LogP contribution in [0.3, 0.4) is 0 Å². The summed E-state index contributed by atoms with van der Waals surface area (Å²) in [6.07, 6.45) is 4.66. The fraction of sp³-hybridized carbons (Fsp3) is 0.875. The Morgan fingerprint density at radius 3 is 2.36 bits per heavy atom. The first-order valence-corrected chi connectivity index (χ1v) is 8.34. The highest BCUT2D eigenvalue weighted by atomic mass is 16.6. The van der Waals surface area contributed by atoms with Crippen molar-refractivity contribution < 1.29 is 14.3 Å². The van der Waals surface area contributed by atoms with Crippen LogP contribution >= 0.6 is 0 Å². The topological polar surface area (TPSA) is 79.5 Å². The normalized spacial score (nSPS) is 24.9. The van der Waals surface area contributed by atoms with E-state index in [0.717, 1.165) is 38.6 Å². The predicted molar refractivity (Wildman–Crippen MR) is 84.5 cm³/mol. The van der Waals surface area contributed by atoms with Crippen LogP contribution in [0.4, 0.5) is 4.79 Å². The van der Waals surface area contributed by atoms with Gasteiger partial charge < -0.3 is 20.7 Å². The Morgan fingerprint density at radius 2 is 1.73 bits per heavy atom. The van der Waals surface area contributed by atoms with Gasteiger partial charge in [0.2, 0.25) is 5.91 Å². The van der Waals surface area contributed by atoms with Gasteiger partial charge in [-0.2, -0.15) is 0 Å². The number of hydrogen-bond donors (Lipinski definition) is 3. The molecule has 0 saturated heterocycles. The van der Waals surface area contributed by atoms with E-state index in [0.29, 0.717) is 12.6 Å². The van der Waals surface area contributed by atoms with E-state index < -0.39 is 5.60 Å². The van der Waals surface area contributed by atoms with Gasteiger partial charge in [0.05, 0.1) is 0 Å². The second kappa shape index (κ2) is 7.31. The van der Waals surface area contributed by atoms with E-state index in [2.05, 4.69) is 16.0 Å². The number of amides is 2. The van der Waals surface area contributed by atoms with Crippen LogP contribution in [-0.4, -0.2) is 42.8 Å². The first-order valence-electron chi connectivity index (χ1n) is 8.34. The maximum atomic E-state index is 11.7. The van der Waals surface area contributed by atoms with Crippen LogP contribution in [0.15, 0.2) is 0 Å². The lowest BCUT2D eigenvalue weighted by molar-refractivity contribution is -0.122. The molecule has 0 bridgehead atoms. The molecule has 0 aromatic heterocycles. The maximum absolute atomic E-state index is 11.7. The molecule has 126 valence electrons. The average Bonchev–Trinajstić information content (AvgIpc) is 3.15. The Bertz CT molecular complexity index is 402. The lowest BCUT2D eigenvalue weighted by Crippen LogP contribution is -2.40. The highest BCUT2D eigenvalue weighted by Crippen LogP contribution is 2.28. The fourth-order valence-electron chi connectivity index (χ4n) is 2.72. The highest BCUT2D eigenvalue weighted by molar-refractivity contribution is 5.80. The highest BCUT2D eigenvalue weighted by Gasteiger charge is 2.29. The van der Waals surface area contributed by atoms with Crippen molar-refractivity contribution in [2.45, 2.75) is 70.6 Å². The number of rotatable bonds is 6. The fourth-order valence-corrected chi connectivity index (χ4v) is 2.72. The Kier molecular flexibility index (Phi) is 5.67. The number of nitrogens with one attached hydrogen (secondary N) is 3. The van der Waals surface area contributed by atoms with Crippen LogP contribution in [0.5, 0.6) is 0 Å². The first-order chi connectivity index (χ1) is 10.3. The summed E-state index contributed by atoms with van der Waals surface area (Å²) in [6, 6.07) is 0.575. The number of carbonyl (C=O) groups excluding carboxylic acids is 2. The zero-order chi connectivity index (χ0) is 16.2. The van der Waals surface area contributed by atoms with E-state index in [9.17, 15) is 9.59 Å². The third-order valence-corrected chi connectivity index (χ3v) is 3.96. The van der Waals surface area contributed by atoms with Crippen LogP contribution in [0.1, 0.15) is 52.9 Å².